The van der Waals surface area contributed by atoms with Gasteiger partial charge in [0.25, 0.3) is 5.91 Å². The predicted octanol–water partition coefficient (Wildman–Crippen LogP) is 2.72. The van der Waals surface area contributed by atoms with E-state index in [2.05, 4.69) is 16.4 Å². The number of aromatic nitrogens is 1. The summed E-state index contributed by atoms with van der Waals surface area (Å²) in [4.78, 5) is 16.3. The van der Waals surface area contributed by atoms with E-state index in [9.17, 15) is 4.79 Å². The zero-order valence-electron chi connectivity index (χ0n) is 10.8. The summed E-state index contributed by atoms with van der Waals surface area (Å²) in [6.07, 6.45) is 3.44. The molecular formula is C14H16ClN3O. The van der Waals surface area contributed by atoms with Gasteiger partial charge in [0.2, 0.25) is 0 Å². The van der Waals surface area contributed by atoms with E-state index in [1.807, 2.05) is 6.92 Å². The van der Waals surface area contributed by atoms with Crippen molar-refractivity contribution in [2.45, 2.75) is 38.6 Å². The molecule has 0 aromatic carbocycles. The number of nitrogens with zero attached hydrogens (tertiary/aromatic N) is 2. The maximum Gasteiger partial charge on any atom is 0.251 e. The summed E-state index contributed by atoms with van der Waals surface area (Å²) >= 11 is 5.90. The molecule has 19 heavy (non-hydrogen) atoms. The lowest BCUT2D eigenvalue weighted by molar-refractivity contribution is 0.0932. The van der Waals surface area contributed by atoms with E-state index in [0.29, 0.717) is 10.7 Å². The number of nitrogens with one attached hydrogen (secondary N) is 1. The first-order valence-electron chi connectivity index (χ1n) is 6.51. The van der Waals surface area contributed by atoms with Gasteiger partial charge in [0.1, 0.15) is 5.15 Å². The molecule has 0 aliphatic heterocycles. The van der Waals surface area contributed by atoms with Crippen molar-refractivity contribution in [2.75, 3.05) is 0 Å². The van der Waals surface area contributed by atoms with Gasteiger partial charge >= 0.3 is 0 Å². The first-order chi connectivity index (χ1) is 9.13. The number of aryl methyl sites for hydroxylation is 1. The van der Waals surface area contributed by atoms with Crippen molar-refractivity contribution < 1.29 is 4.79 Å². The molecule has 1 aromatic heterocycles. The number of nitriles is 1. The normalized spacial score (nSPS) is 21.9. The highest BCUT2D eigenvalue weighted by Gasteiger charge is 2.28. The topological polar surface area (TPSA) is 65.8 Å². The molecule has 0 saturated heterocycles. The van der Waals surface area contributed by atoms with Crippen molar-refractivity contribution in [3.8, 4) is 6.07 Å². The average molecular weight is 278 g/mol. The Morgan fingerprint density at radius 3 is 3.05 bits per heavy atom. The summed E-state index contributed by atoms with van der Waals surface area (Å²) in [6.45, 7) is 1.96. The Labute approximate surface area is 117 Å². The Morgan fingerprint density at radius 1 is 1.58 bits per heavy atom. The quantitative estimate of drug-likeness (QED) is 0.864. The van der Waals surface area contributed by atoms with Gasteiger partial charge in [-0.05, 0) is 37.8 Å². The third-order valence-electron chi connectivity index (χ3n) is 3.47. The summed E-state index contributed by atoms with van der Waals surface area (Å²) in [6, 6.07) is 5.51. The third kappa shape index (κ3) is 3.24. The molecule has 0 radical (unpaired) electrons. The van der Waals surface area contributed by atoms with Crippen LogP contribution < -0.4 is 5.32 Å². The first kappa shape index (κ1) is 13.8. The molecule has 2 atom stereocenters. The van der Waals surface area contributed by atoms with E-state index in [0.717, 1.165) is 31.4 Å². The lowest BCUT2D eigenvalue weighted by atomic mass is 10.1. The molecule has 4 nitrogen and oxygen atoms in total. The molecule has 0 spiro atoms. The van der Waals surface area contributed by atoms with Crippen molar-refractivity contribution >= 4 is 17.5 Å². The van der Waals surface area contributed by atoms with Crippen LogP contribution in [0.5, 0.6) is 0 Å². The van der Waals surface area contributed by atoms with Crippen LogP contribution in [0.1, 0.15) is 42.2 Å². The number of halogens is 1. The Kier molecular flexibility index (Phi) is 4.39. The molecule has 100 valence electrons. The van der Waals surface area contributed by atoms with Crippen molar-refractivity contribution in [3.05, 3.63) is 28.5 Å². The van der Waals surface area contributed by atoms with Gasteiger partial charge in [-0.25, -0.2) is 4.98 Å². The molecule has 1 N–H and O–H groups in total. The van der Waals surface area contributed by atoms with E-state index < -0.39 is 0 Å². The lowest BCUT2D eigenvalue weighted by Gasteiger charge is -2.15. The lowest BCUT2D eigenvalue weighted by Crippen LogP contribution is -2.37. The van der Waals surface area contributed by atoms with Gasteiger partial charge in [0.05, 0.1) is 12.0 Å². The van der Waals surface area contributed by atoms with Crippen molar-refractivity contribution in [1.82, 2.24) is 10.3 Å². The van der Waals surface area contributed by atoms with Gasteiger partial charge in [0, 0.05) is 17.3 Å². The molecule has 2 unspecified atom stereocenters. The van der Waals surface area contributed by atoms with Gasteiger partial charge in [-0.2, -0.15) is 5.26 Å². The van der Waals surface area contributed by atoms with Crippen LogP contribution >= 0.6 is 11.6 Å². The molecule has 1 heterocycles. The number of carbonyl (C=O) groups excluding carboxylic acids is 1. The third-order valence-corrected chi connectivity index (χ3v) is 3.66. The average Bonchev–Trinajstić information content (AvgIpc) is 2.85. The van der Waals surface area contributed by atoms with Crippen LogP contribution in [0.3, 0.4) is 0 Å². The van der Waals surface area contributed by atoms with Crippen LogP contribution in [0.2, 0.25) is 5.15 Å². The van der Waals surface area contributed by atoms with Gasteiger partial charge < -0.3 is 5.32 Å². The maximum absolute atomic E-state index is 12.2. The summed E-state index contributed by atoms with van der Waals surface area (Å²) < 4.78 is 0. The highest BCUT2D eigenvalue weighted by atomic mass is 35.5. The Morgan fingerprint density at radius 2 is 2.37 bits per heavy atom. The summed E-state index contributed by atoms with van der Waals surface area (Å²) in [5.41, 5.74) is 1.31. The van der Waals surface area contributed by atoms with Gasteiger partial charge in [-0.15, -0.1) is 0 Å². The minimum Gasteiger partial charge on any atom is -0.348 e. The van der Waals surface area contributed by atoms with Crippen LogP contribution in [0.4, 0.5) is 0 Å². The monoisotopic (exact) mass is 277 g/mol. The molecular weight excluding hydrogens is 262 g/mol. The van der Waals surface area contributed by atoms with E-state index in [4.69, 9.17) is 16.9 Å². The van der Waals surface area contributed by atoms with Crippen molar-refractivity contribution in [1.29, 1.82) is 5.26 Å². The van der Waals surface area contributed by atoms with E-state index >= 15 is 0 Å². The zero-order chi connectivity index (χ0) is 13.8. The van der Waals surface area contributed by atoms with Crippen LogP contribution in [0, 0.1) is 17.2 Å². The fourth-order valence-electron chi connectivity index (χ4n) is 2.40. The number of amides is 1. The maximum atomic E-state index is 12.2. The smallest absolute Gasteiger partial charge is 0.251 e. The first-order valence-corrected chi connectivity index (χ1v) is 6.88. The van der Waals surface area contributed by atoms with Crippen LogP contribution in [0.15, 0.2) is 12.1 Å². The summed E-state index contributed by atoms with van der Waals surface area (Å²) in [5, 5.41) is 12.3. The number of hydrogen-bond acceptors (Lipinski definition) is 3. The Bertz CT molecular complexity index is 524. The minimum atomic E-state index is -0.175. The van der Waals surface area contributed by atoms with Gasteiger partial charge in [-0.1, -0.05) is 18.5 Å². The van der Waals surface area contributed by atoms with Gasteiger partial charge in [0.15, 0.2) is 0 Å². The van der Waals surface area contributed by atoms with E-state index in [-0.39, 0.29) is 17.9 Å². The number of pyridine rings is 1. The van der Waals surface area contributed by atoms with Crippen molar-refractivity contribution in [2.24, 2.45) is 5.92 Å². The summed E-state index contributed by atoms with van der Waals surface area (Å²) in [5.74, 6) is -0.252. The van der Waals surface area contributed by atoms with E-state index in [1.54, 1.807) is 12.1 Å². The zero-order valence-corrected chi connectivity index (χ0v) is 11.6. The molecule has 1 aromatic rings. The fraction of sp³-hybridized carbons (Fsp3) is 0.500. The standard InChI is InChI=1S/C14H16ClN3O/c1-2-11-6-10(7-13(15)17-11)14(19)18-12-5-3-4-9(12)8-16/h6-7,9,12H,2-5H2,1H3,(H,18,19). The number of rotatable bonds is 3. The van der Waals surface area contributed by atoms with Crippen LogP contribution in [0.25, 0.3) is 0 Å². The molecule has 5 heteroatoms. The second kappa shape index (κ2) is 6.03. The Balaban J connectivity index is 2.12. The molecule has 0 bridgehead atoms. The molecule has 1 fully saturated rings. The second-order valence-electron chi connectivity index (χ2n) is 4.77. The highest BCUT2D eigenvalue weighted by molar-refractivity contribution is 6.29. The van der Waals surface area contributed by atoms with E-state index in [1.165, 1.54) is 0 Å². The number of carbonyl (C=O) groups is 1. The molecule has 1 amide bonds. The second-order valence-corrected chi connectivity index (χ2v) is 5.16. The van der Waals surface area contributed by atoms with Crippen LogP contribution in [-0.4, -0.2) is 16.9 Å². The highest BCUT2D eigenvalue weighted by Crippen LogP contribution is 2.25. The SMILES string of the molecule is CCc1cc(C(=O)NC2CCCC2C#N)cc(Cl)n1. The van der Waals surface area contributed by atoms with Crippen molar-refractivity contribution in [3.63, 3.8) is 0 Å². The summed E-state index contributed by atoms with van der Waals surface area (Å²) in [7, 11) is 0. The molecule has 1 aliphatic rings. The molecule has 2 rings (SSSR count). The number of hydrogen-bond donors (Lipinski definition) is 1. The minimum absolute atomic E-state index is 0.0467. The molecule has 1 aliphatic carbocycles. The largest absolute Gasteiger partial charge is 0.348 e. The predicted molar refractivity (Wildman–Crippen MR) is 72.8 cm³/mol. The Hall–Kier alpha value is -1.60. The van der Waals surface area contributed by atoms with Crippen LogP contribution in [-0.2, 0) is 6.42 Å². The molecule has 1 saturated carbocycles. The fourth-order valence-corrected chi connectivity index (χ4v) is 2.63. The van der Waals surface area contributed by atoms with Gasteiger partial charge in [-0.3, -0.25) is 4.79 Å².